The van der Waals surface area contributed by atoms with E-state index < -0.39 is 0 Å². The summed E-state index contributed by atoms with van der Waals surface area (Å²) in [5.41, 5.74) is 26.0. The van der Waals surface area contributed by atoms with E-state index in [4.69, 9.17) is 23.4 Å². The molecule has 4 aliphatic heterocycles. The van der Waals surface area contributed by atoms with Gasteiger partial charge in [-0.2, -0.15) is 0 Å². The summed E-state index contributed by atoms with van der Waals surface area (Å²) in [4.78, 5) is 7.52. The molecular weight excluding hydrogens is 1090 g/mol. The molecule has 12 aromatic rings. The molecule has 6 aliphatic rings. The second-order valence-corrected chi connectivity index (χ2v) is 26.9. The minimum atomic E-state index is -0.274. The molecule has 432 valence electrons. The summed E-state index contributed by atoms with van der Waals surface area (Å²) in [5.74, 6) is 3.77. The van der Waals surface area contributed by atoms with Crippen LogP contribution in [0.3, 0.4) is 0 Å². The number of nitrogens with zero attached hydrogens (tertiary/aromatic N) is 3. The van der Waals surface area contributed by atoms with Crippen LogP contribution in [0, 0.1) is 0 Å². The number of anilines is 9. The van der Waals surface area contributed by atoms with Crippen LogP contribution in [0.25, 0.3) is 55.3 Å². The first kappa shape index (κ1) is 52.0. The summed E-state index contributed by atoms with van der Waals surface area (Å²) in [6, 6.07) is 79.3. The molecule has 0 fully saturated rings. The maximum absolute atomic E-state index is 6.60. The van der Waals surface area contributed by atoms with Gasteiger partial charge in [-0.25, -0.2) is 0 Å². The zero-order chi connectivity index (χ0) is 59.8. The van der Waals surface area contributed by atoms with Gasteiger partial charge < -0.3 is 38.1 Å². The number of para-hydroxylation sites is 1. The molecule has 18 rings (SSSR count). The molecule has 0 unspecified atom stereocenters. The highest BCUT2D eigenvalue weighted by atomic mass is 16.6. The van der Waals surface area contributed by atoms with Gasteiger partial charge in [0.05, 0.1) is 11.4 Å². The van der Waals surface area contributed by atoms with Crippen molar-refractivity contribution in [1.29, 1.82) is 0 Å². The maximum atomic E-state index is 6.60. The maximum Gasteiger partial charge on any atom is 0.252 e. The Morgan fingerprint density at radius 1 is 0.404 bits per heavy atom. The van der Waals surface area contributed by atoms with Crippen molar-refractivity contribution in [3.63, 3.8) is 0 Å². The van der Waals surface area contributed by atoms with E-state index in [1.807, 2.05) is 12.1 Å². The smallest absolute Gasteiger partial charge is 0.252 e. The standard InChI is InChI=1S/C80H64BN3O5/c1-78(2,3)51-23-26-52(27-24-51)82(53-25-22-47-36-50(21-20-48(47)37-53)73-38-49-14-8-13-19-71(49)89-73)56-40-69-77-70(41-56)84(55-29-31-72-74(42-55)86-33-32-85-72)68-46-76-75(87-34-35-88-76)45-66(68)81(77)65-43-60-58-16-10-12-18-62(58)80(6,7)64(60)44-67(65)83(69)54-28-30-59-57-15-9-11-17-61(57)79(4,5)63(59)39-54/h8-31,36-46H,32-35H2,1-7H3. The zero-order valence-electron chi connectivity index (χ0n) is 51.0. The van der Waals surface area contributed by atoms with E-state index >= 15 is 0 Å². The van der Waals surface area contributed by atoms with E-state index in [-0.39, 0.29) is 23.0 Å². The number of benzene rings is 11. The topological polar surface area (TPSA) is 59.8 Å². The van der Waals surface area contributed by atoms with Crippen LogP contribution in [-0.2, 0) is 16.2 Å². The average Bonchev–Trinajstić information content (AvgIpc) is 1.56. The molecule has 9 heteroatoms. The second-order valence-electron chi connectivity index (χ2n) is 26.9. The Balaban J connectivity index is 0.937. The number of hydrogen-bond donors (Lipinski definition) is 0. The quantitative estimate of drug-likeness (QED) is 0.153. The highest BCUT2D eigenvalue weighted by Gasteiger charge is 2.48. The molecule has 8 nitrogen and oxygen atoms in total. The Bertz CT molecular complexity index is 4980. The van der Waals surface area contributed by atoms with Gasteiger partial charge in [0.15, 0.2) is 23.0 Å². The van der Waals surface area contributed by atoms with Crippen LogP contribution in [0.1, 0.15) is 76.3 Å². The zero-order valence-corrected chi connectivity index (χ0v) is 51.0. The molecule has 2 aliphatic carbocycles. The predicted molar refractivity (Wildman–Crippen MR) is 364 cm³/mol. The van der Waals surface area contributed by atoms with Crippen molar-refractivity contribution in [2.24, 2.45) is 0 Å². The van der Waals surface area contributed by atoms with Crippen molar-refractivity contribution in [3.8, 4) is 56.6 Å². The fraction of sp³-hybridized carbons (Fsp3) is 0.175. The molecule has 0 radical (unpaired) electrons. The molecule has 11 aromatic carbocycles. The van der Waals surface area contributed by atoms with Gasteiger partial charge in [0, 0.05) is 73.7 Å². The average molecular weight is 1160 g/mol. The number of ether oxygens (including phenoxy) is 4. The van der Waals surface area contributed by atoms with Gasteiger partial charge >= 0.3 is 0 Å². The number of furan rings is 1. The summed E-state index contributed by atoms with van der Waals surface area (Å²) in [5, 5.41) is 3.33. The molecule has 5 heterocycles. The molecule has 0 N–H and O–H groups in total. The van der Waals surface area contributed by atoms with Crippen molar-refractivity contribution in [2.45, 2.75) is 64.7 Å². The number of hydrogen-bond acceptors (Lipinski definition) is 8. The Labute approximate surface area is 519 Å². The number of rotatable bonds is 6. The Morgan fingerprint density at radius 2 is 0.966 bits per heavy atom. The summed E-state index contributed by atoms with van der Waals surface area (Å²) in [7, 11) is 0. The van der Waals surface area contributed by atoms with Crippen LogP contribution >= 0.6 is 0 Å². The largest absolute Gasteiger partial charge is 0.486 e. The van der Waals surface area contributed by atoms with Crippen molar-refractivity contribution < 1.29 is 23.4 Å². The lowest BCUT2D eigenvalue weighted by Gasteiger charge is -2.46. The minimum Gasteiger partial charge on any atom is -0.486 e. The SMILES string of the molecule is CC(C)(C)c1ccc(N(c2cc3c4c(c2)N(c2ccc5c(c2)C(C)(C)c2ccccc2-5)c2cc5c(cc2B4c2cc4c(cc2N3c2ccc3c(c2)OCCO3)OCCO4)-c2ccccc2C5(C)C)c2ccc3cc(-c4cc5ccccc5o4)ccc3c2)cc1. The van der Waals surface area contributed by atoms with E-state index in [1.165, 1.54) is 61.0 Å². The van der Waals surface area contributed by atoms with Crippen LogP contribution in [0.2, 0.25) is 0 Å². The van der Waals surface area contributed by atoms with Gasteiger partial charge in [-0.3, -0.25) is 0 Å². The van der Waals surface area contributed by atoms with Gasteiger partial charge in [-0.1, -0.05) is 158 Å². The third kappa shape index (κ3) is 7.73. The van der Waals surface area contributed by atoms with Crippen LogP contribution in [0.5, 0.6) is 23.0 Å². The van der Waals surface area contributed by atoms with Crippen LogP contribution in [-0.4, -0.2) is 33.1 Å². The summed E-state index contributed by atoms with van der Waals surface area (Å²) in [6.07, 6.45) is 0. The normalized spacial score (nSPS) is 15.7. The first-order valence-electron chi connectivity index (χ1n) is 31.3. The fourth-order valence-electron chi connectivity index (χ4n) is 15.6. The Hall–Kier alpha value is -10.1. The van der Waals surface area contributed by atoms with E-state index in [2.05, 4.69) is 263 Å². The monoisotopic (exact) mass is 1160 g/mol. The highest BCUT2D eigenvalue weighted by Crippen LogP contribution is 2.56. The Kier molecular flexibility index (Phi) is 10.9. The predicted octanol–water partition coefficient (Wildman–Crippen LogP) is 18.3. The molecule has 1 aromatic heterocycles. The molecule has 0 amide bonds. The van der Waals surface area contributed by atoms with E-state index in [9.17, 15) is 0 Å². The van der Waals surface area contributed by atoms with Crippen molar-refractivity contribution >= 4 is 96.0 Å². The van der Waals surface area contributed by atoms with Gasteiger partial charge in [0.2, 0.25) is 0 Å². The molecule has 0 saturated carbocycles. The molecule has 0 spiro atoms. The lowest BCUT2D eigenvalue weighted by molar-refractivity contribution is 0.171. The van der Waals surface area contributed by atoms with E-state index in [0.717, 1.165) is 107 Å². The molecule has 0 saturated heterocycles. The first-order valence-corrected chi connectivity index (χ1v) is 31.3. The molecular formula is C80H64BN3O5. The lowest BCUT2D eigenvalue weighted by atomic mass is 9.33. The second kappa shape index (κ2) is 18.7. The van der Waals surface area contributed by atoms with E-state index in [0.29, 0.717) is 32.2 Å². The van der Waals surface area contributed by atoms with Crippen LogP contribution in [0.4, 0.5) is 51.2 Å². The third-order valence-corrected chi connectivity index (χ3v) is 20.1. The first-order chi connectivity index (χ1) is 43.2. The lowest BCUT2D eigenvalue weighted by Crippen LogP contribution is -2.61. The number of fused-ring (bicyclic) bond motifs is 14. The molecule has 0 bridgehead atoms. The summed E-state index contributed by atoms with van der Waals surface area (Å²) < 4.78 is 32.3. The van der Waals surface area contributed by atoms with Crippen molar-refractivity contribution in [2.75, 3.05) is 41.1 Å². The molecule has 89 heavy (non-hydrogen) atoms. The van der Waals surface area contributed by atoms with Gasteiger partial charge in [0.1, 0.15) is 37.8 Å². The minimum absolute atomic E-state index is 0.0594. The fourth-order valence-corrected chi connectivity index (χ4v) is 15.6. The van der Waals surface area contributed by atoms with Gasteiger partial charge in [-0.05, 0) is 174 Å². The third-order valence-electron chi connectivity index (χ3n) is 20.1. The Morgan fingerprint density at radius 3 is 1.69 bits per heavy atom. The summed E-state index contributed by atoms with van der Waals surface area (Å²) in [6.45, 7) is 18.1. The van der Waals surface area contributed by atoms with Crippen molar-refractivity contribution in [1.82, 2.24) is 0 Å². The van der Waals surface area contributed by atoms with Crippen molar-refractivity contribution in [3.05, 3.63) is 240 Å². The van der Waals surface area contributed by atoms with E-state index in [1.54, 1.807) is 0 Å². The van der Waals surface area contributed by atoms with Gasteiger partial charge in [-0.15, -0.1) is 0 Å². The van der Waals surface area contributed by atoms with Crippen LogP contribution in [0.15, 0.2) is 217 Å². The summed E-state index contributed by atoms with van der Waals surface area (Å²) >= 11 is 0. The van der Waals surface area contributed by atoms with Crippen LogP contribution < -0.4 is 50.0 Å². The highest BCUT2D eigenvalue weighted by molar-refractivity contribution is 7.00. The molecule has 0 atom stereocenters. The van der Waals surface area contributed by atoms with Gasteiger partial charge in [0.25, 0.3) is 6.71 Å².